The zero-order valence-corrected chi connectivity index (χ0v) is 10.8. The fourth-order valence-electron chi connectivity index (χ4n) is 2.06. The van der Waals surface area contributed by atoms with Crippen molar-refractivity contribution in [1.29, 1.82) is 0 Å². The molecule has 1 aromatic carbocycles. The number of aromatic nitrogens is 1. The summed E-state index contributed by atoms with van der Waals surface area (Å²) in [6.07, 6.45) is 4.62. The minimum atomic E-state index is -0.497. The molecule has 0 radical (unpaired) electrons. The number of nitrogens with zero attached hydrogens (tertiary/aromatic N) is 1. The minimum absolute atomic E-state index is 0.252. The van der Waals surface area contributed by atoms with Gasteiger partial charge in [-0.1, -0.05) is 13.3 Å². The summed E-state index contributed by atoms with van der Waals surface area (Å²) in [6, 6.07) is 5.22. The molecule has 2 aromatic rings. The third-order valence-electron chi connectivity index (χ3n) is 3.08. The highest BCUT2D eigenvalue weighted by atomic mass is 19.1. The molecule has 4 heteroatoms. The standard InChI is InChI=1S/C15H17F2NO/c1-2-3-15(19)11-6-7-18(9-11)10-12-8-13(16)4-5-14(12)17/h4-9,15,19H,2-3,10H2,1H3. The molecule has 2 nitrogen and oxygen atoms in total. The van der Waals surface area contributed by atoms with Crippen LogP contribution in [-0.4, -0.2) is 9.67 Å². The molecule has 0 aliphatic rings. The van der Waals surface area contributed by atoms with Crippen LogP contribution in [0.5, 0.6) is 0 Å². The van der Waals surface area contributed by atoms with Crippen LogP contribution in [0.1, 0.15) is 37.0 Å². The highest BCUT2D eigenvalue weighted by molar-refractivity contribution is 5.21. The maximum Gasteiger partial charge on any atom is 0.128 e. The summed E-state index contributed by atoms with van der Waals surface area (Å²) in [5, 5.41) is 9.85. The SMILES string of the molecule is CCCC(O)c1ccn(Cc2cc(F)ccc2F)c1. The fourth-order valence-corrected chi connectivity index (χ4v) is 2.06. The van der Waals surface area contributed by atoms with Crippen LogP contribution < -0.4 is 0 Å². The van der Waals surface area contributed by atoms with Crippen molar-refractivity contribution in [1.82, 2.24) is 4.57 Å². The van der Waals surface area contributed by atoms with E-state index in [1.54, 1.807) is 23.0 Å². The Balaban J connectivity index is 2.13. The van der Waals surface area contributed by atoms with E-state index in [1.807, 2.05) is 6.92 Å². The minimum Gasteiger partial charge on any atom is -0.388 e. The molecule has 1 unspecified atom stereocenters. The highest BCUT2D eigenvalue weighted by Gasteiger charge is 2.09. The second-order valence-corrected chi connectivity index (χ2v) is 4.66. The largest absolute Gasteiger partial charge is 0.388 e. The summed E-state index contributed by atoms with van der Waals surface area (Å²) in [5.41, 5.74) is 1.10. The molecular weight excluding hydrogens is 248 g/mol. The molecule has 0 fully saturated rings. The molecule has 0 spiro atoms. The van der Waals surface area contributed by atoms with Crippen molar-refractivity contribution < 1.29 is 13.9 Å². The first kappa shape index (κ1) is 13.7. The molecule has 0 aliphatic heterocycles. The molecule has 1 heterocycles. The van der Waals surface area contributed by atoms with Crippen LogP contribution in [0.2, 0.25) is 0 Å². The molecule has 0 amide bonds. The molecule has 2 rings (SSSR count). The van der Waals surface area contributed by atoms with E-state index >= 15 is 0 Å². The number of hydrogen-bond donors (Lipinski definition) is 1. The summed E-state index contributed by atoms with van der Waals surface area (Å²) >= 11 is 0. The Morgan fingerprint density at radius 1 is 1.26 bits per heavy atom. The average molecular weight is 265 g/mol. The van der Waals surface area contributed by atoms with Gasteiger partial charge in [0.2, 0.25) is 0 Å². The molecule has 102 valence electrons. The van der Waals surface area contributed by atoms with E-state index < -0.39 is 17.7 Å². The van der Waals surface area contributed by atoms with Gasteiger partial charge in [0, 0.05) is 24.5 Å². The predicted octanol–water partition coefficient (Wildman–Crippen LogP) is 3.65. The summed E-state index contributed by atoms with van der Waals surface area (Å²) in [7, 11) is 0. The second-order valence-electron chi connectivity index (χ2n) is 4.66. The van der Waals surface area contributed by atoms with Gasteiger partial charge in [0.05, 0.1) is 6.10 Å². The van der Waals surface area contributed by atoms with Crippen LogP contribution in [0.25, 0.3) is 0 Å². The van der Waals surface area contributed by atoms with Gasteiger partial charge >= 0.3 is 0 Å². The average Bonchev–Trinajstić information content (AvgIpc) is 2.83. The summed E-state index contributed by atoms with van der Waals surface area (Å²) in [5.74, 6) is -0.874. The maximum atomic E-state index is 13.5. The lowest BCUT2D eigenvalue weighted by Crippen LogP contribution is -2.01. The van der Waals surface area contributed by atoms with Gasteiger partial charge in [0.25, 0.3) is 0 Å². The van der Waals surface area contributed by atoms with Crippen molar-refractivity contribution in [3.63, 3.8) is 0 Å². The van der Waals surface area contributed by atoms with Crippen LogP contribution in [0.3, 0.4) is 0 Å². The van der Waals surface area contributed by atoms with E-state index in [4.69, 9.17) is 0 Å². The Bertz CT molecular complexity index is 551. The van der Waals surface area contributed by atoms with Crippen LogP contribution in [0.4, 0.5) is 8.78 Å². The van der Waals surface area contributed by atoms with Crippen molar-refractivity contribution in [2.24, 2.45) is 0 Å². The van der Waals surface area contributed by atoms with E-state index in [2.05, 4.69) is 0 Å². The number of halogens is 2. The van der Waals surface area contributed by atoms with Gasteiger partial charge in [-0.05, 0) is 36.2 Å². The van der Waals surface area contributed by atoms with Crippen molar-refractivity contribution >= 4 is 0 Å². The van der Waals surface area contributed by atoms with Crippen LogP contribution in [0.15, 0.2) is 36.7 Å². The monoisotopic (exact) mass is 265 g/mol. The Morgan fingerprint density at radius 2 is 2.05 bits per heavy atom. The van der Waals surface area contributed by atoms with E-state index in [-0.39, 0.29) is 6.54 Å². The van der Waals surface area contributed by atoms with E-state index in [9.17, 15) is 13.9 Å². The predicted molar refractivity (Wildman–Crippen MR) is 69.8 cm³/mol. The Labute approximate surface area is 111 Å². The molecule has 0 saturated carbocycles. The van der Waals surface area contributed by atoms with Gasteiger partial charge in [0.15, 0.2) is 0 Å². The zero-order chi connectivity index (χ0) is 13.8. The molecule has 0 saturated heterocycles. The van der Waals surface area contributed by atoms with Crippen molar-refractivity contribution in [2.75, 3.05) is 0 Å². The van der Waals surface area contributed by atoms with Gasteiger partial charge in [-0.2, -0.15) is 0 Å². The van der Waals surface area contributed by atoms with Gasteiger partial charge < -0.3 is 9.67 Å². The summed E-state index contributed by atoms with van der Waals surface area (Å²) < 4.78 is 28.3. The topological polar surface area (TPSA) is 25.2 Å². The Hall–Kier alpha value is -1.68. The normalized spacial score (nSPS) is 12.6. The number of hydrogen-bond acceptors (Lipinski definition) is 1. The third kappa shape index (κ3) is 3.41. The maximum absolute atomic E-state index is 13.5. The molecule has 0 aliphatic carbocycles. The van der Waals surface area contributed by atoms with Crippen LogP contribution in [-0.2, 0) is 6.54 Å². The lowest BCUT2D eigenvalue weighted by Gasteiger charge is -2.07. The lowest BCUT2D eigenvalue weighted by molar-refractivity contribution is 0.166. The summed E-state index contributed by atoms with van der Waals surface area (Å²) in [6.45, 7) is 2.25. The third-order valence-corrected chi connectivity index (χ3v) is 3.08. The van der Waals surface area contributed by atoms with Crippen molar-refractivity contribution in [2.45, 2.75) is 32.4 Å². The fraction of sp³-hybridized carbons (Fsp3) is 0.333. The van der Waals surface area contributed by atoms with E-state index in [0.717, 1.165) is 24.1 Å². The number of aliphatic hydroxyl groups is 1. The van der Waals surface area contributed by atoms with Gasteiger partial charge in [-0.3, -0.25) is 0 Å². The first-order valence-electron chi connectivity index (χ1n) is 6.38. The second kappa shape index (κ2) is 5.97. The first-order valence-corrected chi connectivity index (χ1v) is 6.38. The number of benzene rings is 1. The van der Waals surface area contributed by atoms with Crippen LogP contribution in [0, 0.1) is 11.6 Å². The van der Waals surface area contributed by atoms with E-state index in [0.29, 0.717) is 12.0 Å². The molecule has 1 N–H and O–H groups in total. The molecule has 1 atom stereocenters. The molecule has 1 aromatic heterocycles. The summed E-state index contributed by atoms with van der Waals surface area (Å²) in [4.78, 5) is 0. The van der Waals surface area contributed by atoms with Crippen molar-refractivity contribution in [3.05, 3.63) is 59.4 Å². The lowest BCUT2D eigenvalue weighted by atomic mass is 10.1. The molecule has 19 heavy (non-hydrogen) atoms. The van der Waals surface area contributed by atoms with Gasteiger partial charge in [-0.15, -0.1) is 0 Å². The number of rotatable bonds is 5. The quantitative estimate of drug-likeness (QED) is 0.877. The molecule has 0 bridgehead atoms. The Kier molecular flexibility index (Phi) is 4.32. The van der Waals surface area contributed by atoms with Crippen LogP contribution >= 0.6 is 0 Å². The van der Waals surface area contributed by atoms with Gasteiger partial charge in [-0.25, -0.2) is 8.78 Å². The Morgan fingerprint density at radius 3 is 2.79 bits per heavy atom. The zero-order valence-electron chi connectivity index (χ0n) is 10.8. The van der Waals surface area contributed by atoms with E-state index in [1.165, 1.54) is 6.07 Å². The van der Waals surface area contributed by atoms with Gasteiger partial charge in [0.1, 0.15) is 11.6 Å². The molecular formula is C15H17F2NO. The number of aliphatic hydroxyl groups excluding tert-OH is 1. The first-order chi connectivity index (χ1) is 9.10. The van der Waals surface area contributed by atoms with Crippen molar-refractivity contribution in [3.8, 4) is 0 Å². The smallest absolute Gasteiger partial charge is 0.128 e. The highest BCUT2D eigenvalue weighted by Crippen LogP contribution is 2.19.